The van der Waals surface area contributed by atoms with Gasteiger partial charge in [0, 0.05) is 32.2 Å². The number of benzene rings is 1. The van der Waals surface area contributed by atoms with Crippen molar-refractivity contribution in [2.24, 2.45) is 0 Å². The summed E-state index contributed by atoms with van der Waals surface area (Å²) in [6.07, 6.45) is -4.38. The van der Waals surface area contributed by atoms with Crippen LogP contribution in [0.3, 0.4) is 0 Å². The number of hydrogen-bond donors (Lipinski definition) is 1. The third-order valence-electron chi connectivity index (χ3n) is 3.99. The van der Waals surface area contributed by atoms with Gasteiger partial charge in [-0.3, -0.25) is 4.90 Å². The second-order valence-corrected chi connectivity index (χ2v) is 6.31. The van der Waals surface area contributed by atoms with Crippen LogP contribution in [0.1, 0.15) is 19.4 Å². The molecule has 0 saturated carbocycles. The van der Waals surface area contributed by atoms with Gasteiger partial charge in [0.2, 0.25) is 0 Å². The third kappa shape index (κ3) is 7.39. The number of ether oxygens (including phenoxy) is 3. The summed E-state index contributed by atoms with van der Waals surface area (Å²) in [7, 11) is 0. The molecule has 1 aromatic rings. The Kier molecular flexibility index (Phi) is 7.99. The first-order valence-corrected chi connectivity index (χ1v) is 8.86. The Morgan fingerprint density at radius 1 is 1.19 bits per heavy atom. The highest BCUT2D eigenvalue weighted by atomic mass is 19.4. The highest BCUT2D eigenvalue weighted by Crippen LogP contribution is 2.30. The molecule has 0 radical (unpaired) electrons. The van der Waals surface area contributed by atoms with E-state index < -0.39 is 12.8 Å². The molecule has 26 heavy (non-hydrogen) atoms. The van der Waals surface area contributed by atoms with Gasteiger partial charge in [0.1, 0.15) is 0 Å². The van der Waals surface area contributed by atoms with Crippen molar-refractivity contribution in [1.29, 1.82) is 0 Å². The van der Waals surface area contributed by atoms with E-state index in [9.17, 15) is 13.2 Å². The molecular formula is C18H27F3N2O3. The van der Waals surface area contributed by atoms with Crippen LogP contribution in [-0.2, 0) is 11.3 Å². The number of nitrogens with one attached hydrogen (secondary N) is 1. The van der Waals surface area contributed by atoms with Crippen LogP contribution >= 0.6 is 0 Å². The van der Waals surface area contributed by atoms with E-state index in [0.717, 1.165) is 38.4 Å². The van der Waals surface area contributed by atoms with Crippen LogP contribution in [-0.4, -0.2) is 63.2 Å². The fraction of sp³-hybridized carbons (Fsp3) is 0.667. The molecule has 0 aromatic heterocycles. The van der Waals surface area contributed by atoms with Gasteiger partial charge in [0.25, 0.3) is 0 Å². The second kappa shape index (κ2) is 9.99. The van der Waals surface area contributed by atoms with E-state index >= 15 is 0 Å². The van der Waals surface area contributed by atoms with E-state index in [0.29, 0.717) is 18.9 Å². The Balaban J connectivity index is 1.88. The van der Waals surface area contributed by atoms with Gasteiger partial charge in [-0.15, -0.1) is 0 Å². The molecule has 8 heteroatoms. The first-order valence-electron chi connectivity index (χ1n) is 8.86. The Morgan fingerprint density at radius 2 is 1.92 bits per heavy atom. The summed E-state index contributed by atoms with van der Waals surface area (Å²) in [5.74, 6) is 0.436. The van der Waals surface area contributed by atoms with Crippen molar-refractivity contribution in [3.8, 4) is 11.5 Å². The molecule has 1 aromatic carbocycles. The SMILES string of the molecule is CCOc1cc(CNC(C)CN2CCOCC2)ccc1OCC(F)(F)F. The lowest BCUT2D eigenvalue weighted by Gasteiger charge is -2.29. The topological polar surface area (TPSA) is 43.0 Å². The maximum atomic E-state index is 12.4. The predicted molar refractivity (Wildman–Crippen MR) is 92.7 cm³/mol. The molecule has 0 aliphatic carbocycles. The van der Waals surface area contributed by atoms with Gasteiger partial charge in [-0.2, -0.15) is 13.2 Å². The summed E-state index contributed by atoms with van der Waals surface area (Å²) in [5, 5.41) is 3.43. The van der Waals surface area contributed by atoms with E-state index in [-0.39, 0.29) is 11.8 Å². The van der Waals surface area contributed by atoms with E-state index in [2.05, 4.69) is 17.1 Å². The minimum absolute atomic E-state index is 0.106. The number of morpholine rings is 1. The van der Waals surface area contributed by atoms with Crippen molar-refractivity contribution < 1.29 is 27.4 Å². The predicted octanol–water partition coefficient (Wildman–Crippen LogP) is 2.84. The molecule has 148 valence electrons. The molecule has 1 aliphatic heterocycles. The van der Waals surface area contributed by atoms with Gasteiger partial charge >= 0.3 is 6.18 Å². The first-order chi connectivity index (χ1) is 12.4. The lowest BCUT2D eigenvalue weighted by atomic mass is 10.2. The Morgan fingerprint density at radius 3 is 2.58 bits per heavy atom. The quantitative estimate of drug-likeness (QED) is 0.718. The van der Waals surface area contributed by atoms with Crippen LogP contribution in [0.15, 0.2) is 18.2 Å². The monoisotopic (exact) mass is 376 g/mol. The van der Waals surface area contributed by atoms with Gasteiger partial charge in [-0.1, -0.05) is 6.07 Å². The lowest BCUT2D eigenvalue weighted by molar-refractivity contribution is -0.153. The van der Waals surface area contributed by atoms with Crippen molar-refractivity contribution in [3.63, 3.8) is 0 Å². The van der Waals surface area contributed by atoms with Crippen LogP contribution in [0.5, 0.6) is 11.5 Å². The molecular weight excluding hydrogens is 349 g/mol. The van der Waals surface area contributed by atoms with E-state index in [1.165, 1.54) is 6.07 Å². The van der Waals surface area contributed by atoms with Crippen molar-refractivity contribution in [3.05, 3.63) is 23.8 Å². The second-order valence-electron chi connectivity index (χ2n) is 6.31. The maximum absolute atomic E-state index is 12.4. The number of alkyl halides is 3. The number of nitrogens with zero attached hydrogens (tertiary/aromatic N) is 1. The normalized spacial score (nSPS) is 17.1. The van der Waals surface area contributed by atoms with Gasteiger partial charge in [-0.25, -0.2) is 0 Å². The fourth-order valence-corrected chi connectivity index (χ4v) is 2.74. The molecule has 2 rings (SSSR count). The fourth-order valence-electron chi connectivity index (χ4n) is 2.74. The maximum Gasteiger partial charge on any atom is 0.422 e. The highest BCUT2D eigenvalue weighted by Gasteiger charge is 2.29. The zero-order valence-electron chi connectivity index (χ0n) is 15.3. The molecule has 1 N–H and O–H groups in total. The minimum Gasteiger partial charge on any atom is -0.490 e. The van der Waals surface area contributed by atoms with Crippen LogP contribution < -0.4 is 14.8 Å². The van der Waals surface area contributed by atoms with Crippen LogP contribution in [0.4, 0.5) is 13.2 Å². The number of hydrogen-bond acceptors (Lipinski definition) is 5. The third-order valence-corrected chi connectivity index (χ3v) is 3.99. The summed E-state index contributed by atoms with van der Waals surface area (Å²) >= 11 is 0. The summed E-state index contributed by atoms with van der Waals surface area (Å²) in [6.45, 7) is 7.85. The Bertz CT molecular complexity index is 549. The number of halogens is 3. The number of rotatable bonds is 9. The molecule has 0 amide bonds. The molecule has 0 spiro atoms. The van der Waals surface area contributed by atoms with Crippen LogP contribution in [0, 0.1) is 0 Å². The molecule has 1 unspecified atom stereocenters. The van der Waals surface area contributed by atoms with Gasteiger partial charge < -0.3 is 19.5 Å². The van der Waals surface area contributed by atoms with Crippen molar-refractivity contribution in [2.45, 2.75) is 32.6 Å². The molecule has 1 fully saturated rings. The zero-order chi connectivity index (χ0) is 19.0. The van der Waals surface area contributed by atoms with Crippen molar-refractivity contribution >= 4 is 0 Å². The van der Waals surface area contributed by atoms with Gasteiger partial charge in [-0.05, 0) is 31.5 Å². The van der Waals surface area contributed by atoms with E-state index in [1.807, 2.05) is 0 Å². The molecule has 1 saturated heterocycles. The largest absolute Gasteiger partial charge is 0.490 e. The summed E-state index contributed by atoms with van der Waals surface area (Å²) in [6, 6.07) is 5.29. The molecule has 1 aliphatic rings. The summed E-state index contributed by atoms with van der Waals surface area (Å²) < 4.78 is 52.7. The Hall–Kier alpha value is -1.51. The highest BCUT2D eigenvalue weighted by molar-refractivity contribution is 5.43. The summed E-state index contributed by atoms with van der Waals surface area (Å²) in [5.41, 5.74) is 0.932. The molecule has 1 atom stereocenters. The van der Waals surface area contributed by atoms with Crippen LogP contribution in [0.2, 0.25) is 0 Å². The molecule has 5 nitrogen and oxygen atoms in total. The molecule has 1 heterocycles. The lowest BCUT2D eigenvalue weighted by Crippen LogP contribution is -2.44. The van der Waals surface area contributed by atoms with E-state index in [4.69, 9.17) is 14.2 Å². The molecule has 0 bridgehead atoms. The minimum atomic E-state index is -4.38. The average molecular weight is 376 g/mol. The van der Waals surface area contributed by atoms with Gasteiger partial charge in [0.05, 0.1) is 19.8 Å². The van der Waals surface area contributed by atoms with Gasteiger partial charge in [0.15, 0.2) is 18.1 Å². The average Bonchev–Trinajstić information content (AvgIpc) is 2.59. The first kappa shape index (κ1) is 20.8. The zero-order valence-corrected chi connectivity index (χ0v) is 15.3. The smallest absolute Gasteiger partial charge is 0.422 e. The standard InChI is InChI=1S/C18H27F3N2O3/c1-3-25-17-10-15(4-5-16(17)26-13-18(19,20)21)11-22-14(2)12-23-6-8-24-9-7-23/h4-5,10,14,22H,3,6-9,11-13H2,1-2H3. The van der Waals surface area contributed by atoms with Crippen molar-refractivity contribution in [1.82, 2.24) is 10.2 Å². The van der Waals surface area contributed by atoms with Crippen LogP contribution in [0.25, 0.3) is 0 Å². The van der Waals surface area contributed by atoms with Crippen molar-refractivity contribution in [2.75, 3.05) is 46.1 Å². The summed E-state index contributed by atoms with van der Waals surface area (Å²) in [4.78, 5) is 2.35. The van der Waals surface area contributed by atoms with E-state index in [1.54, 1.807) is 19.1 Å². The Labute approximate surface area is 152 Å².